The number of hydrogen-bond donors (Lipinski definition) is 0. The van der Waals surface area contributed by atoms with Crippen molar-refractivity contribution in [2.75, 3.05) is 11.9 Å². The van der Waals surface area contributed by atoms with E-state index < -0.39 is 0 Å². The summed E-state index contributed by atoms with van der Waals surface area (Å²) < 4.78 is 0. The summed E-state index contributed by atoms with van der Waals surface area (Å²) in [6.45, 7) is 5.95. The zero-order valence-corrected chi connectivity index (χ0v) is 11.1. The lowest BCUT2D eigenvalue weighted by molar-refractivity contribution is 1.12. The highest BCUT2D eigenvalue weighted by molar-refractivity contribution is 5.64. The van der Waals surface area contributed by atoms with Crippen LogP contribution in [-0.4, -0.2) is 7.05 Å². The molecule has 0 unspecified atom stereocenters. The van der Waals surface area contributed by atoms with Crippen LogP contribution in [0.5, 0.6) is 0 Å². The molecule has 0 aromatic heterocycles. The van der Waals surface area contributed by atoms with Gasteiger partial charge in [-0.3, -0.25) is 0 Å². The molecule has 0 bridgehead atoms. The third kappa shape index (κ3) is 2.62. The van der Waals surface area contributed by atoms with Gasteiger partial charge in [0.05, 0.1) is 0 Å². The van der Waals surface area contributed by atoms with Gasteiger partial charge in [-0.2, -0.15) is 0 Å². The molecule has 0 atom stereocenters. The summed E-state index contributed by atoms with van der Waals surface area (Å²) in [6, 6.07) is 17.1. The number of aryl methyl sites for hydroxylation is 1. The minimum Gasteiger partial charge on any atom is -0.345 e. The quantitative estimate of drug-likeness (QED) is 0.747. The Morgan fingerprint density at radius 1 is 1.06 bits per heavy atom. The molecule has 0 aliphatic carbocycles. The van der Waals surface area contributed by atoms with Crippen LogP contribution in [0.2, 0.25) is 0 Å². The fourth-order valence-electron chi connectivity index (χ4n) is 1.97. The third-order valence-electron chi connectivity index (χ3n) is 3.22. The standard InChI is InChI=1S/C17H19N/c1-4-14-9-11-16(12-10-14)18(3)17-8-6-7-15(5-2)13-17/h4,6-13H,1,5H2,2-3H3. The molecule has 0 saturated carbocycles. The highest BCUT2D eigenvalue weighted by atomic mass is 15.1. The second kappa shape index (κ2) is 5.54. The molecule has 1 heteroatoms. The lowest BCUT2D eigenvalue weighted by atomic mass is 10.1. The number of hydrogen-bond acceptors (Lipinski definition) is 1. The lowest BCUT2D eigenvalue weighted by Crippen LogP contribution is -2.09. The third-order valence-corrected chi connectivity index (χ3v) is 3.22. The minimum absolute atomic E-state index is 1.07. The predicted octanol–water partition coefficient (Wildman–Crippen LogP) is 4.66. The molecular weight excluding hydrogens is 218 g/mol. The van der Waals surface area contributed by atoms with Gasteiger partial charge < -0.3 is 4.90 Å². The molecule has 0 aliphatic rings. The van der Waals surface area contributed by atoms with Crippen molar-refractivity contribution in [3.8, 4) is 0 Å². The van der Waals surface area contributed by atoms with E-state index in [0.29, 0.717) is 0 Å². The van der Waals surface area contributed by atoms with Gasteiger partial charge >= 0.3 is 0 Å². The first kappa shape index (κ1) is 12.4. The normalized spacial score (nSPS) is 10.1. The van der Waals surface area contributed by atoms with E-state index in [0.717, 1.165) is 12.0 Å². The molecule has 18 heavy (non-hydrogen) atoms. The van der Waals surface area contributed by atoms with Gasteiger partial charge in [-0.1, -0.05) is 43.8 Å². The maximum atomic E-state index is 3.77. The predicted molar refractivity (Wildman–Crippen MR) is 80.4 cm³/mol. The first-order valence-electron chi connectivity index (χ1n) is 6.29. The first-order valence-corrected chi connectivity index (χ1v) is 6.29. The molecule has 2 rings (SSSR count). The van der Waals surface area contributed by atoms with Gasteiger partial charge in [0.1, 0.15) is 0 Å². The molecule has 2 aromatic rings. The molecule has 0 amide bonds. The molecule has 0 aliphatic heterocycles. The number of rotatable bonds is 4. The Kier molecular flexibility index (Phi) is 3.83. The lowest BCUT2D eigenvalue weighted by Gasteiger charge is -2.20. The minimum atomic E-state index is 1.07. The van der Waals surface area contributed by atoms with Gasteiger partial charge in [0.25, 0.3) is 0 Å². The molecule has 2 aromatic carbocycles. The van der Waals surface area contributed by atoms with Crippen LogP contribution >= 0.6 is 0 Å². The average molecular weight is 237 g/mol. The summed E-state index contributed by atoms with van der Waals surface area (Å²) in [5, 5.41) is 0. The van der Waals surface area contributed by atoms with Gasteiger partial charge in [0, 0.05) is 18.4 Å². The molecule has 0 radical (unpaired) electrons. The topological polar surface area (TPSA) is 3.24 Å². The second-order valence-corrected chi connectivity index (χ2v) is 4.38. The van der Waals surface area contributed by atoms with Crippen molar-refractivity contribution in [1.82, 2.24) is 0 Å². The van der Waals surface area contributed by atoms with E-state index >= 15 is 0 Å². The largest absolute Gasteiger partial charge is 0.345 e. The SMILES string of the molecule is C=Cc1ccc(N(C)c2cccc(CC)c2)cc1. The van der Waals surface area contributed by atoms with Crippen molar-refractivity contribution in [3.63, 3.8) is 0 Å². The van der Waals surface area contributed by atoms with E-state index in [9.17, 15) is 0 Å². The van der Waals surface area contributed by atoms with Gasteiger partial charge in [0.2, 0.25) is 0 Å². The summed E-state index contributed by atoms with van der Waals surface area (Å²) in [4.78, 5) is 2.20. The molecular formula is C17H19N. The van der Waals surface area contributed by atoms with Crippen molar-refractivity contribution < 1.29 is 0 Å². The number of anilines is 2. The van der Waals surface area contributed by atoms with Crippen LogP contribution in [0.25, 0.3) is 6.08 Å². The van der Waals surface area contributed by atoms with Crippen molar-refractivity contribution in [3.05, 3.63) is 66.2 Å². The monoisotopic (exact) mass is 237 g/mol. The van der Waals surface area contributed by atoms with Gasteiger partial charge in [-0.25, -0.2) is 0 Å². The molecule has 0 saturated heterocycles. The highest BCUT2D eigenvalue weighted by Gasteiger charge is 2.03. The van der Waals surface area contributed by atoms with Crippen molar-refractivity contribution in [1.29, 1.82) is 0 Å². The highest BCUT2D eigenvalue weighted by Crippen LogP contribution is 2.24. The molecule has 0 heterocycles. The van der Waals surface area contributed by atoms with E-state index in [4.69, 9.17) is 0 Å². The summed E-state index contributed by atoms with van der Waals surface area (Å²) >= 11 is 0. The zero-order valence-electron chi connectivity index (χ0n) is 11.1. The first-order chi connectivity index (χ1) is 8.74. The smallest absolute Gasteiger partial charge is 0.0410 e. The van der Waals surface area contributed by atoms with E-state index in [2.05, 4.69) is 74.0 Å². The maximum absolute atomic E-state index is 3.77. The second-order valence-electron chi connectivity index (χ2n) is 4.38. The van der Waals surface area contributed by atoms with Crippen LogP contribution < -0.4 is 4.90 Å². The van der Waals surface area contributed by atoms with Crippen LogP contribution in [0.15, 0.2) is 55.1 Å². The van der Waals surface area contributed by atoms with Gasteiger partial charge in [-0.05, 0) is 41.8 Å². The van der Waals surface area contributed by atoms with E-state index in [1.807, 2.05) is 6.08 Å². The van der Waals surface area contributed by atoms with Crippen LogP contribution in [-0.2, 0) is 6.42 Å². The Labute approximate surface area is 109 Å². The molecule has 1 nitrogen and oxygen atoms in total. The van der Waals surface area contributed by atoms with Crippen molar-refractivity contribution in [2.24, 2.45) is 0 Å². The van der Waals surface area contributed by atoms with E-state index in [-0.39, 0.29) is 0 Å². The van der Waals surface area contributed by atoms with E-state index in [1.54, 1.807) is 0 Å². The molecule has 0 fully saturated rings. The summed E-state index contributed by atoms with van der Waals surface area (Å²) in [6.07, 6.45) is 2.93. The molecule has 0 N–H and O–H groups in total. The summed E-state index contributed by atoms with van der Waals surface area (Å²) in [5.74, 6) is 0. The zero-order chi connectivity index (χ0) is 13.0. The van der Waals surface area contributed by atoms with Crippen molar-refractivity contribution >= 4 is 17.5 Å². The average Bonchev–Trinajstić information content (AvgIpc) is 2.46. The Bertz CT molecular complexity index is 526. The molecule has 0 spiro atoms. The number of nitrogens with zero attached hydrogens (tertiary/aromatic N) is 1. The van der Waals surface area contributed by atoms with E-state index in [1.165, 1.54) is 16.9 Å². The number of benzene rings is 2. The van der Waals surface area contributed by atoms with Crippen LogP contribution in [0, 0.1) is 0 Å². The fraction of sp³-hybridized carbons (Fsp3) is 0.176. The van der Waals surface area contributed by atoms with Gasteiger partial charge in [0.15, 0.2) is 0 Å². The Morgan fingerprint density at radius 2 is 1.78 bits per heavy atom. The Balaban J connectivity index is 2.28. The summed E-state index contributed by atoms with van der Waals surface area (Å²) in [7, 11) is 2.09. The van der Waals surface area contributed by atoms with Crippen LogP contribution in [0.3, 0.4) is 0 Å². The Morgan fingerprint density at radius 3 is 2.39 bits per heavy atom. The van der Waals surface area contributed by atoms with Crippen molar-refractivity contribution in [2.45, 2.75) is 13.3 Å². The van der Waals surface area contributed by atoms with Crippen LogP contribution in [0.4, 0.5) is 11.4 Å². The fourth-order valence-corrected chi connectivity index (χ4v) is 1.97. The Hall–Kier alpha value is -2.02. The van der Waals surface area contributed by atoms with Crippen LogP contribution in [0.1, 0.15) is 18.1 Å². The van der Waals surface area contributed by atoms with Gasteiger partial charge in [-0.15, -0.1) is 0 Å². The summed E-state index contributed by atoms with van der Waals surface area (Å²) in [5.41, 5.74) is 4.92. The molecule has 92 valence electrons. The maximum Gasteiger partial charge on any atom is 0.0410 e.